The van der Waals surface area contributed by atoms with Crippen molar-refractivity contribution in [1.82, 2.24) is 5.32 Å². The molecule has 3 aromatic rings. The average Bonchev–Trinajstić information content (AvgIpc) is 2.79. The summed E-state index contributed by atoms with van der Waals surface area (Å²) in [7, 11) is 0. The van der Waals surface area contributed by atoms with E-state index in [0.717, 1.165) is 5.56 Å². The quantitative estimate of drug-likeness (QED) is 0.419. The van der Waals surface area contributed by atoms with E-state index in [0.29, 0.717) is 16.8 Å². The second-order valence-corrected chi connectivity index (χ2v) is 6.65. The molecule has 3 rings (SSSR count). The van der Waals surface area contributed by atoms with Crippen LogP contribution in [0.4, 0.5) is 14.9 Å². The van der Waals surface area contributed by atoms with Crippen LogP contribution in [0.25, 0.3) is 0 Å². The summed E-state index contributed by atoms with van der Waals surface area (Å²) in [6.07, 6.45) is -0.804. The molecule has 0 unspecified atom stereocenters. The molecule has 0 atom stereocenters. The van der Waals surface area contributed by atoms with E-state index in [2.05, 4.69) is 10.6 Å². The highest BCUT2D eigenvalue weighted by molar-refractivity contribution is 6.04. The maximum absolute atomic E-state index is 13.0. The summed E-state index contributed by atoms with van der Waals surface area (Å²) in [5.74, 6) is -0.769. The molecule has 0 saturated carbocycles. The number of ether oxygens (including phenoxy) is 2. The molecule has 0 aromatic heterocycles. The van der Waals surface area contributed by atoms with Gasteiger partial charge in [0.25, 0.3) is 11.8 Å². The lowest BCUT2D eigenvalue weighted by Gasteiger charge is -2.09. The number of benzene rings is 3. The van der Waals surface area contributed by atoms with Crippen LogP contribution in [0.2, 0.25) is 0 Å². The molecule has 2 N–H and O–H groups in total. The summed E-state index contributed by atoms with van der Waals surface area (Å²) in [5, 5.41) is 5.52. The highest BCUT2D eigenvalue weighted by atomic mass is 19.1. The Hall–Kier alpha value is -4.20. The molecular formula is C24H21FN2O5. The Morgan fingerprint density at radius 3 is 2.03 bits per heavy atom. The summed E-state index contributed by atoms with van der Waals surface area (Å²) < 4.78 is 22.6. The molecule has 0 spiro atoms. The van der Waals surface area contributed by atoms with Gasteiger partial charge in [0, 0.05) is 23.4 Å². The van der Waals surface area contributed by atoms with E-state index in [1.165, 1.54) is 48.5 Å². The molecule has 0 fully saturated rings. The molecule has 0 radical (unpaired) electrons. The first kappa shape index (κ1) is 22.5. The van der Waals surface area contributed by atoms with Crippen molar-refractivity contribution in [3.05, 3.63) is 95.3 Å². The average molecular weight is 436 g/mol. The molecule has 2 amide bonds. The minimum atomic E-state index is -0.804. The van der Waals surface area contributed by atoms with Gasteiger partial charge in [-0.05, 0) is 73.2 Å². The van der Waals surface area contributed by atoms with Crippen molar-refractivity contribution < 1.29 is 28.2 Å². The summed E-state index contributed by atoms with van der Waals surface area (Å²) in [6.45, 7) is 2.17. The predicted molar refractivity (Wildman–Crippen MR) is 116 cm³/mol. The Kier molecular flexibility index (Phi) is 7.53. The van der Waals surface area contributed by atoms with Crippen LogP contribution < -0.4 is 15.4 Å². The summed E-state index contributed by atoms with van der Waals surface area (Å²) in [4.78, 5) is 35.8. The van der Waals surface area contributed by atoms with Crippen LogP contribution in [-0.4, -0.2) is 24.6 Å². The zero-order valence-electron chi connectivity index (χ0n) is 17.3. The predicted octanol–water partition coefficient (Wildman–Crippen LogP) is 4.54. The Labute approximate surface area is 184 Å². The largest absolute Gasteiger partial charge is 0.513 e. The number of carbonyl (C=O) groups is 3. The van der Waals surface area contributed by atoms with E-state index in [4.69, 9.17) is 9.47 Å². The van der Waals surface area contributed by atoms with Crippen molar-refractivity contribution in [2.45, 2.75) is 13.5 Å². The number of nitrogens with one attached hydrogen (secondary N) is 2. The van der Waals surface area contributed by atoms with Gasteiger partial charge < -0.3 is 20.1 Å². The molecule has 164 valence electrons. The third-order valence-corrected chi connectivity index (χ3v) is 4.35. The minimum absolute atomic E-state index is 0.209. The van der Waals surface area contributed by atoms with E-state index in [9.17, 15) is 18.8 Å². The number of hydrogen-bond donors (Lipinski definition) is 2. The van der Waals surface area contributed by atoms with E-state index >= 15 is 0 Å². The molecule has 0 saturated heterocycles. The van der Waals surface area contributed by atoms with Gasteiger partial charge in [-0.1, -0.05) is 12.1 Å². The van der Waals surface area contributed by atoms with Gasteiger partial charge in [-0.25, -0.2) is 9.18 Å². The Balaban J connectivity index is 1.50. The van der Waals surface area contributed by atoms with Crippen molar-refractivity contribution in [1.29, 1.82) is 0 Å². The number of hydrogen-bond acceptors (Lipinski definition) is 5. The first-order chi connectivity index (χ1) is 15.4. The number of halogens is 1. The molecule has 32 heavy (non-hydrogen) atoms. The van der Waals surface area contributed by atoms with Crippen LogP contribution in [0.5, 0.6) is 5.75 Å². The van der Waals surface area contributed by atoms with Gasteiger partial charge in [-0.2, -0.15) is 0 Å². The first-order valence-electron chi connectivity index (χ1n) is 9.83. The van der Waals surface area contributed by atoms with Crippen molar-refractivity contribution in [2.75, 3.05) is 11.9 Å². The van der Waals surface area contributed by atoms with Crippen LogP contribution >= 0.6 is 0 Å². The maximum atomic E-state index is 13.0. The normalized spacial score (nSPS) is 10.2. The van der Waals surface area contributed by atoms with E-state index in [-0.39, 0.29) is 30.7 Å². The molecule has 0 aliphatic rings. The fourth-order valence-electron chi connectivity index (χ4n) is 2.71. The molecule has 0 aliphatic heterocycles. The second-order valence-electron chi connectivity index (χ2n) is 6.65. The molecule has 3 aromatic carbocycles. The van der Waals surface area contributed by atoms with Crippen LogP contribution in [0, 0.1) is 5.82 Å². The molecule has 8 heteroatoms. The van der Waals surface area contributed by atoms with Crippen molar-refractivity contribution in [2.24, 2.45) is 0 Å². The number of amides is 2. The third-order valence-electron chi connectivity index (χ3n) is 4.35. The van der Waals surface area contributed by atoms with E-state index in [1.54, 1.807) is 31.2 Å². The molecule has 0 aliphatic carbocycles. The van der Waals surface area contributed by atoms with Gasteiger partial charge in [0.05, 0.1) is 6.61 Å². The number of rotatable bonds is 7. The smallest absolute Gasteiger partial charge is 0.434 e. The van der Waals surface area contributed by atoms with Crippen LogP contribution in [0.1, 0.15) is 33.2 Å². The Morgan fingerprint density at radius 1 is 0.812 bits per heavy atom. The fourth-order valence-corrected chi connectivity index (χ4v) is 2.71. The van der Waals surface area contributed by atoms with Crippen LogP contribution in [-0.2, 0) is 11.3 Å². The van der Waals surface area contributed by atoms with Crippen molar-refractivity contribution in [3.8, 4) is 5.75 Å². The van der Waals surface area contributed by atoms with Crippen molar-refractivity contribution in [3.63, 3.8) is 0 Å². The molecule has 0 heterocycles. The van der Waals surface area contributed by atoms with Gasteiger partial charge in [0.2, 0.25) is 0 Å². The third kappa shape index (κ3) is 6.40. The lowest BCUT2D eigenvalue weighted by atomic mass is 10.1. The zero-order valence-corrected chi connectivity index (χ0v) is 17.3. The fraction of sp³-hybridized carbons (Fsp3) is 0.125. The highest BCUT2D eigenvalue weighted by Crippen LogP contribution is 2.14. The van der Waals surface area contributed by atoms with E-state index < -0.39 is 12.0 Å². The monoisotopic (exact) mass is 436 g/mol. The topological polar surface area (TPSA) is 93.7 Å². The Bertz CT molecular complexity index is 1080. The maximum Gasteiger partial charge on any atom is 0.513 e. The lowest BCUT2D eigenvalue weighted by molar-refractivity contribution is 0.0950. The summed E-state index contributed by atoms with van der Waals surface area (Å²) in [5.41, 5.74) is 2.16. The zero-order chi connectivity index (χ0) is 22.9. The standard InChI is InChI=1S/C24H21FN2O5/c1-2-31-24(30)32-21-13-7-17(8-14-21)22(28)26-15-16-3-11-20(12-4-16)27-23(29)18-5-9-19(25)10-6-18/h3-14H,2,15H2,1H3,(H,26,28)(H,27,29). The highest BCUT2D eigenvalue weighted by Gasteiger charge is 2.09. The lowest BCUT2D eigenvalue weighted by Crippen LogP contribution is -2.22. The Morgan fingerprint density at radius 2 is 1.41 bits per heavy atom. The van der Waals surface area contributed by atoms with Gasteiger partial charge in [-0.3, -0.25) is 9.59 Å². The van der Waals surface area contributed by atoms with Crippen LogP contribution in [0.15, 0.2) is 72.8 Å². The minimum Gasteiger partial charge on any atom is -0.434 e. The van der Waals surface area contributed by atoms with Crippen LogP contribution in [0.3, 0.4) is 0 Å². The van der Waals surface area contributed by atoms with Crippen molar-refractivity contribution >= 4 is 23.7 Å². The number of anilines is 1. The molecule has 0 bridgehead atoms. The number of carbonyl (C=O) groups excluding carboxylic acids is 3. The SMILES string of the molecule is CCOC(=O)Oc1ccc(C(=O)NCc2ccc(NC(=O)c3ccc(F)cc3)cc2)cc1. The van der Waals surface area contributed by atoms with E-state index in [1.807, 2.05) is 0 Å². The van der Waals surface area contributed by atoms with Gasteiger partial charge in [0.1, 0.15) is 11.6 Å². The van der Waals surface area contributed by atoms with Gasteiger partial charge in [-0.15, -0.1) is 0 Å². The summed E-state index contributed by atoms with van der Waals surface area (Å²) in [6, 6.07) is 18.3. The van der Waals surface area contributed by atoms with Gasteiger partial charge in [0.15, 0.2) is 0 Å². The molecule has 7 nitrogen and oxygen atoms in total. The summed E-state index contributed by atoms with van der Waals surface area (Å²) >= 11 is 0. The van der Waals surface area contributed by atoms with Gasteiger partial charge >= 0.3 is 6.16 Å². The first-order valence-corrected chi connectivity index (χ1v) is 9.83. The second kappa shape index (κ2) is 10.7. The molecular weight excluding hydrogens is 415 g/mol.